The van der Waals surface area contributed by atoms with Crippen molar-refractivity contribution >= 4 is 39.1 Å². The first-order valence-electron chi connectivity index (χ1n) is 17.0. The van der Waals surface area contributed by atoms with Crippen LogP contribution in [0.15, 0.2) is 78.9 Å². The van der Waals surface area contributed by atoms with Crippen molar-refractivity contribution in [1.82, 2.24) is 10.2 Å². The molecule has 0 spiro atoms. The molecule has 0 aliphatic heterocycles. The zero-order valence-corrected chi connectivity index (χ0v) is 29.0. The highest BCUT2D eigenvalue weighted by Crippen LogP contribution is 2.60. The molecule has 4 aliphatic carbocycles. The number of benzene rings is 3. The highest BCUT2D eigenvalue weighted by Gasteiger charge is 2.51. The van der Waals surface area contributed by atoms with E-state index in [0.29, 0.717) is 17.3 Å². The third-order valence-electron chi connectivity index (χ3n) is 10.6. The smallest absolute Gasteiger partial charge is 0.244 e. The van der Waals surface area contributed by atoms with Gasteiger partial charge in [-0.2, -0.15) is 0 Å². The molecule has 0 radical (unpaired) electrons. The van der Waals surface area contributed by atoms with E-state index in [2.05, 4.69) is 17.4 Å². The first-order chi connectivity index (χ1) is 22.5. The highest BCUT2D eigenvalue weighted by atomic mass is 35.5. The zero-order valence-electron chi connectivity index (χ0n) is 27.4. The molecule has 2 amide bonds. The predicted octanol–water partition coefficient (Wildman–Crippen LogP) is 6.74. The number of hydrogen-bond donors (Lipinski definition) is 1. The van der Waals surface area contributed by atoms with Crippen LogP contribution in [0.4, 0.5) is 5.69 Å². The SMILES string of the molecule is CCCNC(=O)[C@H](Cc1ccccc1)N(Cc1ccc(Cl)cc1)C(=O)CN(c1ccc(C23CC4CC(CC(C4)C2)C3)cc1)S(C)(=O)=O. The monoisotopic (exact) mass is 675 g/mol. The normalized spacial score (nSPS) is 23.7. The van der Waals surface area contributed by atoms with E-state index in [-0.39, 0.29) is 24.3 Å². The van der Waals surface area contributed by atoms with Crippen molar-refractivity contribution < 1.29 is 18.0 Å². The topological polar surface area (TPSA) is 86.8 Å². The van der Waals surface area contributed by atoms with Crippen LogP contribution >= 0.6 is 11.6 Å². The van der Waals surface area contributed by atoms with Crippen molar-refractivity contribution in [2.45, 2.75) is 76.3 Å². The summed E-state index contributed by atoms with van der Waals surface area (Å²) < 4.78 is 27.8. The third-order valence-corrected chi connectivity index (χ3v) is 12.0. The molecule has 9 heteroatoms. The molecule has 47 heavy (non-hydrogen) atoms. The van der Waals surface area contributed by atoms with Gasteiger partial charge in [-0.1, -0.05) is 73.1 Å². The second-order valence-corrected chi connectivity index (χ2v) is 16.5. The quantitative estimate of drug-likeness (QED) is 0.218. The minimum Gasteiger partial charge on any atom is -0.354 e. The van der Waals surface area contributed by atoms with Crippen molar-refractivity contribution in [3.63, 3.8) is 0 Å². The highest BCUT2D eigenvalue weighted by molar-refractivity contribution is 7.92. The molecule has 7 rings (SSSR count). The lowest BCUT2D eigenvalue weighted by Crippen LogP contribution is -2.53. The standard InChI is InChI=1S/C38H46ClN3O4S/c1-3-17-40-37(44)35(21-27-7-5-4-6-8-27)41(25-28-9-13-33(39)14-10-28)36(43)26-42(47(2,45)46)34-15-11-32(12-16-34)38-22-29-18-30(23-38)20-31(19-29)24-38/h4-16,29-31,35H,3,17-26H2,1-2H3,(H,40,44)/t29?,30?,31?,35-,38?/m0/s1. The Bertz CT molecular complexity index is 1630. The molecule has 4 fully saturated rings. The number of sulfonamides is 1. The van der Waals surface area contributed by atoms with Gasteiger partial charge >= 0.3 is 0 Å². The van der Waals surface area contributed by atoms with Gasteiger partial charge in [-0.05, 0) is 109 Å². The summed E-state index contributed by atoms with van der Waals surface area (Å²) in [6.45, 7) is 2.14. The molecule has 0 unspecified atom stereocenters. The number of amides is 2. The summed E-state index contributed by atoms with van der Waals surface area (Å²) in [5.41, 5.74) is 3.62. The summed E-state index contributed by atoms with van der Waals surface area (Å²) in [5, 5.41) is 3.54. The van der Waals surface area contributed by atoms with Crippen LogP contribution in [-0.4, -0.2) is 50.5 Å². The minimum atomic E-state index is -3.83. The fourth-order valence-electron chi connectivity index (χ4n) is 8.77. The van der Waals surface area contributed by atoms with Crippen LogP contribution in [-0.2, 0) is 38.0 Å². The molecular weight excluding hydrogens is 630 g/mol. The first-order valence-corrected chi connectivity index (χ1v) is 19.2. The molecule has 4 bridgehead atoms. The average molecular weight is 676 g/mol. The van der Waals surface area contributed by atoms with Gasteiger partial charge in [-0.25, -0.2) is 8.42 Å². The van der Waals surface area contributed by atoms with Gasteiger partial charge in [0.25, 0.3) is 0 Å². The fraction of sp³-hybridized carbons (Fsp3) is 0.474. The molecule has 3 aromatic carbocycles. The molecular formula is C38H46ClN3O4S. The molecule has 0 aromatic heterocycles. The van der Waals surface area contributed by atoms with Crippen LogP contribution in [0.3, 0.4) is 0 Å². The largest absolute Gasteiger partial charge is 0.354 e. The Hall–Kier alpha value is -3.36. The van der Waals surface area contributed by atoms with Gasteiger partial charge in [0.05, 0.1) is 11.9 Å². The molecule has 1 atom stereocenters. The molecule has 3 aromatic rings. The van der Waals surface area contributed by atoms with Gasteiger partial charge in [0, 0.05) is 24.5 Å². The van der Waals surface area contributed by atoms with Gasteiger partial charge in [0.1, 0.15) is 12.6 Å². The molecule has 0 saturated heterocycles. The van der Waals surface area contributed by atoms with E-state index in [1.165, 1.54) is 53.3 Å². The van der Waals surface area contributed by atoms with Crippen LogP contribution in [0, 0.1) is 17.8 Å². The number of nitrogens with one attached hydrogen (secondary N) is 1. The van der Waals surface area contributed by atoms with E-state index in [9.17, 15) is 18.0 Å². The summed E-state index contributed by atoms with van der Waals surface area (Å²) >= 11 is 6.16. The van der Waals surface area contributed by atoms with Crippen molar-refractivity contribution in [1.29, 1.82) is 0 Å². The average Bonchev–Trinajstić information content (AvgIpc) is 3.04. The van der Waals surface area contributed by atoms with Gasteiger partial charge in [-0.3, -0.25) is 13.9 Å². The summed E-state index contributed by atoms with van der Waals surface area (Å²) in [4.78, 5) is 29.6. The number of rotatable bonds is 13. The van der Waals surface area contributed by atoms with E-state index in [4.69, 9.17) is 11.6 Å². The molecule has 1 N–H and O–H groups in total. The molecule has 7 nitrogen and oxygen atoms in total. The number of carbonyl (C=O) groups is 2. The van der Waals surface area contributed by atoms with E-state index >= 15 is 0 Å². The van der Waals surface area contributed by atoms with Crippen molar-refractivity contribution in [3.05, 3.63) is 101 Å². The Morgan fingerprint density at radius 3 is 2.02 bits per heavy atom. The maximum Gasteiger partial charge on any atom is 0.244 e. The second kappa shape index (κ2) is 14.0. The number of halogens is 1. The van der Waals surface area contributed by atoms with Crippen molar-refractivity contribution in [2.24, 2.45) is 17.8 Å². The van der Waals surface area contributed by atoms with Crippen LogP contribution in [0.1, 0.15) is 68.6 Å². The van der Waals surface area contributed by atoms with Crippen LogP contribution in [0.25, 0.3) is 0 Å². The summed E-state index contributed by atoms with van der Waals surface area (Å²) in [6.07, 6.45) is 9.89. The second-order valence-electron chi connectivity index (χ2n) is 14.2. The number of anilines is 1. The van der Waals surface area contributed by atoms with Gasteiger partial charge in [0.2, 0.25) is 21.8 Å². The van der Waals surface area contributed by atoms with Crippen molar-refractivity contribution in [2.75, 3.05) is 23.7 Å². The van der Waals surface area contributed by atoms with Crippen molar-refractivity contribution in [3.8, 4) is 0 Å². The lowest BCUT2D eigenvalue weighted by atomic mass is 9.48. The van der Waals surface area contributed by atoms with E-state index in [1.54, 1.807) is 12.1 Å². The summed E-state index contributed by atoms with van der Waals surface area (Å²) in [5.74, 6) is 1.68. The Kier molecular flexibility index (Phi) is 10.00. The maximum absolute atomic E-state index is 14.4. The zero-order chi connectivity index (χ0) is 33.2. The number of nitrogens with zero attached hydrogens (tertiary/aromatic N) is 2. The maximum atomic E-state index is 14.4. The number of carbonyl (C=O) groups excluding carboxylic acids is 2. The Morgan fingerprint density at radius 1 is 0.872 bits per heavy atom. The lowest BCUT2D eigenvalue weighted by Gasteiger charge is -2.57. The van der Waals surface area contributed by atoms with Crippen LogP contribution in [0.5, 0.6) is 0 Å². The molecule has 4 saturated carbocycles. The van der Waals surface area contributed by atoms with Gasteiger partial charge < -0.3 is 10.2 Å². The molecule has 4 aliphatic rings. The Morgan fingerprint density at radius 2 is 1.47 bits per heavy atom. The van der Waals surface area contributed by atoms with Gasteiger partial charge in [0.15, 0.2) is 0 Å². The Balaban J connectivity index is 1.29. The molecule has 0 heterocycles. The fourth-order valence-corrected chi connectivity index (χ4v) is 9.74. The predicted molar refractivity (Wildman–Crippen MR) is 188 cm³/mol. The minimum absolute atomic E-state index is 0.121. The van der Waals surface area contributed by atoms with Crippen LogP contribution in [0.2, 0.25) is 5.02 Å². The van der Waals surface area contributed by atoms with E-state index in [1.807, 2.05) is 61.5 Å². The third kappa shape index (κ3) is 7.70. The van der Waals surface area contributed by atoms with Crippen LogP contribution < -0.4 is 9.62 Å². The molecule has 250 valence electrons. The van der Waals surface area contributed by atoms with E-state index < -0.39 is 28.5 Å². The first kappa shape index (κ1) is 33.5. The Labute approximate surface area is 284 Å². The summed E-state index contributed by atoms with van der Waals surface area (Å²) in [7, 11) is -3.83. The summed E-state index contributed by atoms with van der Waals surface area (Å²) in [6, 6.07) is 23.8. The number of hydrogen-bond acceptors (Lipinski definition) is 4. The van der Waals surface area contributed by atoms with E-state index in [0.717, 1.165) is 41.6 Å². The van der Waals surface area contributed by atoms with Gasteiger partial charge in [-0.15, -0.1) is 0 Å². The lowest BCUT2D eigenvalue weighted by molar-refractivity contribution is -0.140.